The van der Waals surface area contributed by atoms with E-state index < -0.39 is 0 Å². The van der Waals surface area contributed by atoms with Gasteiger partial charge in [0.05, 0.1) is 0 Å². The third-order valence-electron chi connectivity index (χ3n) is 3.14. The van der Waals surface area contributed by atoms with Gasteiger partial charge in [0.15, 0.2) is 5.78 Å². The zero-order valence-electron chi connectivity index (χ0n) is 11.1. The van der Waals surface area contributed by atoms with E-state index in [9.17, 15) is 9.18 Å². The monoisotopic (exact) mass is 368 g/mol. The molecule has 19 heavy (non-hydrogen) atoms. The molecule has 0 saturated heterocycles. The van der Waals surface area contributed by atoms with E-state index in [1.54, 1.807) is 26.0 Å². The molecule has 0 radical (unpaired) electrons. The summed E-state index contributed by atoms with van der Waals surface area (Å²) in [5.41, 5.74) is 3.30. The Hall–Kier alpha value is -1.23. The van der Waals surface area contributed by atoms with Gasteiger partial charge in [-0.05, 0) is 78.3 Å². The van der Waals surface area contributed by atoms with Crippen molar-refractivity contribution in [3.63, 3.8) is 0 Å². The van der Waals surface area contributed by atoms with E-state index in [0.29, 0.717) is 22.3 Å². The van der Waals surface area contributed by atoms with Crippen LogP contribution in [0.15, 0.2) is 30.3 Å². The summed E-state index contributed by atoms with van der Waals surface area (Å²) in [6.45, 7) is 5.33. The molecular weight excluding hydrogens is 354 g/mol. The van der Waals surface area contributed by atoms with Crippen molar-refractivity contribution in [1.29, 1.82) is 0 Å². The van der Waals surface area contributed by atoms with Crippen molar-refractivity contribution in [3.05, 3.63) is 67.5 Å². The Kier molecular flexibility index (Phi) is 4.04. The molecule has 0 N–H and O–H groups in total. The first-order valence-corrected chi connectivity index (χ1v) is 7.06. The van der Waals surface area contributed by atoms with Gasteiger partial charge in [-0.1, -0.05) is 12.1 Å². The predicted octanol–water partition coefficient (Wildman–Crippen LogP) is 4.59. The summed E-state index contributed by atoms with van der Waals surface area (Å²) >= 11 is 2.18. The van der Waals surface area contributed by atoms with E-state index in [1.165, 1.54) is 0 Å². The topological polar surface area (TPSA) is 17.1 Å². The maximum atomic E-state index is 13.6. The smallest absolute Gasteiger partial charge is 0.194 e. The number of carbonyl (C=O) groups is 1. The average Bonchev–Trinajstić information content (AvgIpc) is 2.38. The number of ketones is 1. The van der Waals surface area contributed by atoms with Gasteiger partial charge in [-0.2, -0.15) is 0 Å². The number of carbonyl (C=O) groups excluding carboxylic acids is 1. The van der Waals surface area contributed by atoms with Crippen molar-refractivity contribution < 1.29 is 9.18 Å². The minimum absolute atomic E-state index is 0.0562. The molecule has 0 bridgehead atoms. The molecule has 2 aromatic carbocycles. The van der Waals surface area contributed by atoms with Crippen LogP contribution in [0.2, 0.25) is 0 Å². The highest BCUT2D eigenvalue weighted by atomic mass is 127. The molecule has 0 amide bonds. The Morgan fingerprint density at radius 2 is 1.63 bits per heavy atom. The van der Waals surface area contributed by atoms with Gasteiger partial charge in [-0.25, -0.2) is 4.39 Å². The Morgan fingerprint density at radius 3 is 2.21 bits per heavy atom. The quantitative estimate of drug-likeness (QED) is 0.560. The van der Waals surface area contributed by atoms with Crippen LogP contribution in [-0.4, -0.2) is 5.78 Å². The number of hydrogen-bond acceptors (Lipinski definition) is 1. The highest BCUT2D eigenvalue weighted by Crippen LogP contribution is 2.22. The van der Waals surface area contributed by atoms with Gasteiger partial charge in [0.25, 0.3) is 0 Å². The van der Waals surface area contributed by atoms with E-state index in [2.05, 4.69) is 22.6 Å². The Balaban J connectivity index is 2.53. The van der Waals surface area contributed by atoms with Gasteiger partial charge in [0, 0.05) is 14.7 Å². The highest BCUT2D eigenvalue weighted by Gasteiger charge is 2.15. The predicted molar refractivity (Wildman–Crippen MR) is 83.2 cm³/mol. The van der Waals surface area contributed by atoms with Crippen molar-refractivity contribution in [2.45, 2.75) is 20.8 Å². The van der Waals surface area contributed by atoms with Gasteiger partial charge in [0.2, 0.25) is 0 Å². The molecule has 2 rings (SSSR count). The normalized spacial score (nSPS) is 10.6. The van der Waals surface area contributed by atoms with Crippen LogP contribution in [0, 0.1) is 30.2 Å². The third-order valence-corrected chi connectivity index (χ3v) is 4.57. The summed E-state index contributed by atoms with van der Waals surface area (Å²) in [6, 6.07) is 8.88. The lowest BCUT2D eigenvalue weighted by atomic mass is 9.98. The Labute approximate surface area is 126 Å². The first-order valence-electron chi connectivity index (χ1n) is 5.98. The molecule has 0 aromatic heterocycles. The summed E-state index contributed by atoms with van der Waals surface area (Å²) in [7, 11) is 0. The fourth-order valence-corrected chi connectivity index (χ4v) is 2.66. The van der Waals surface area contributed by atoms with Crippen LogP contribution < -0.4 is 0 Å². The fourth-order valence-electron chi connectivity index (χ4n) is 2.06. The molecule has 98 valence electrons. The Morgan fingerprint density at radius 1 is 1.05 bits per heavy atom. The molecule has 0 heterocycles. The zero-order valence-corrected chi connectivity index (χ0v) is 13.2. The molecule has 2 aromatic rings. The van der Waals surface area contributed by atoms with Crippen LogP contribution in [0.25, 0.3) is 0 Å². The lowest BCUT2D eigenvalue weighted by Crippen LogP contribution is -2.06. The van der Waals surface area contributed by atoms with Crippen molar-refractivity contribution in [3.8, 4) is 0 Å². The second-order valence-corrected chi connectivity index (χ2v) is 5.77. The average molecular weight is 368 g/mol. The summed E-state index contributed by atoms with van der Waals surface area (Å²) in [4.78, 5) is 12.5. The van der Waals surface area contributed by atoms with Crippen LogP contribution in [0.3, 0.4) is 0 Å². The number of aryl methyl sites for hydroxylation is 3. The second-order valence-electron chi connectivity index (χ2n) is 4.69. The van der Waals surface area contributed by atoms with Gasteiger partial charge >= 0.3 is 0 Å². The van der Waals surface area contributed by atoms with Crippen LogP contribution in [0.1, 0.15) is 32.6 Å². The van der Waals surface area contributed by atoms with E-state index in [-0.39, 0.29) is 11.6 Å². The van der Waals surface area contributed by atoms with E-state index in [4.69, 9.17) is 0 Å². The lowest BCUT2D eigenvalue weighted by molar-refractivity contribution is 0.103. The summed E-state index contributed by atoms with van der Waals surface area (Å²) in [5, 5.41) is 0. The standard InChI is InChI=1S/C16H14FIO/c1-9-5-4-6-13(15(9)18)16(19)12-7-10(2)14(17)11(3)8-12/h4-8H,1-3H3. The second kappa shape index (κ2) is 5.41. The molecule has 0 saturated carbocycles. The fraction of sp³-hybridized carbons (Fsp3) is 0.188. The molecular formula is C16H14FIO. The molecule has 0 aliphatic heterocycles. The van der Waals surface area contributed by atoms with Crippen molar-refractivity contribution in [2.24, 2.45) is 0 Å². The molecule has 0 aliphatic carbocycles. The SMILES string of the molecule is Cc1cc(C(=O)c2cccc(C)c2I)cc(C)c1F. The zero-order chi connectivity index (χ0) is 14.2. The summed E-state index contributed by atoms with van der Waals surface area (Å²) < 4.78 is 14.6. The van der Waals surface area contributed by atoms with E-state index in [1.807, 2.05) is 25.1 Å². The molecule has 0 fully saturated rings. The van der Waals surface area contributed by atoms with Crippen LogP contribution in [-0.2, 0) is 0 Å². The summed E-state index contributed by atoms with van der Waals surface area (Å²) in [5.74, 6) is -0.296. The number of benzene rings is 2. The third kappa shape index (κ3) is 2.71. The Bertz CT molecular complexity index is 639. The van der Waals surface area contributed by atoms with Gasteiger partial charge < -0.3 is 0 Å². The van der Waals surface area contributed by atoms with Gasteiger partial charge in [0.1, 0.15) is 5.82 Å². The number of halogens is 2. The lowest BCUT2D eigenvalue weighted by Gasteiger charge is -2.09. The van der Waals surface area contributed by atoms with Crippen LogP contribution in [0.5, 0.6) is 0 Å². The molecule has 0 spiro atoms. The van der Waals surface area contributed by atoms with Crippen molar-refractivity contribution in [1.82, 2.24) is 0 Å². The molecule has 1 nitrogen and oxygen atoms in total. The van der Waals surface area contributed by atoms with E-state index >= 15 is 0 Å². The number of hydrogen-bond donors (Lipinski definition) is 0. The first kappa shape index (κ1) is 14.2. The van der Waals surface area contributed by atoms with Gasteiger partial charge in [-0.15, -0.1) is 0 Å². The molecule has 0 atom stereocenters. The maximum absolute atomic E-state index is 13.6. The number of rotatable bonds is 2. The molecule has 0 unspecified atom stereocenters. The first-order chi connectivity index (χ1) is 8.91. The van der Waals surface area contributed by atoms with Gasteiger partial charge in [-0.3, -0.25) is 4.79 Å². The van der Waals surface area contributed by atoms with Crippen LogP contribution >= 0.6 is 22.6 Å². The van der Waals surface area contributed by atoms with E-state index in [0.717, 1.165) is 9.13 Å². The minimum atomic E-state index is -0.240. The largest absolute Gasteiger partial charge is 0.289 e. The summed E-state index contributed by atoms with van der Waals surface area (Å²) in [6.07, 6.45) is 0. The van der Waals surface area contributed by atoms with Crippen LogP contribution in [0.4, 0.5) is 4.39 Å². The maximum Gasteiger partial charge on any atom is 0.194 e. The minimum Gasteiger partial charge on any atom is -0.289 e. The van der Waals surface area contributed by atoms with Crippen molar-refractivity contribution in [2.75, 3.05) is 0 Å². The highest BCUT2D eigenvalue weighted by molar-refractivity contribution is 14.1. The van der Waals surface area contributed by atoms with Crippen molar-refractivity contribution >= 4 is 28.4 Å². The molecule has 3 heteroatoms. The molecule has 0 aliphatic rings.